The zero-order valence-corrected chi connectivity index (χ0v) is 16.2. The molecule has 5 nitrogen and oxygen atoms in total. The number of furan rings is 1. The summed E-state index contributed by atoms with van der Waals surface area (Å²) in [7, 11) is 0. The first-order valence-corrected chi connectivity index (χ1v) is 9.55. The van der Waals surface area contributed by atoms with Gasteiger partial charge in [-0.25, -0.2) is 0 Å². The second-order valence-corrected chi connectivity index (χ2v) is 6.61. The Morgan fingerprint density at radius 2 is 1.75 bits per heavy atom. The van der Waals surface area contributed by atoms with E-state index in [0.29, 0.717) is 26.2 Å². The highest BCUT2D eigenvalue weighted by Crippen LogP contribution is 2.17. The molecule has 0 saturated heterocycles. The fraction of sp³-hybridized carbons (Fsp3) is 0.304. The van der Waals surface area contributed by atoms with Crippen LogP contribution in [0.15, 0.2) is 77.4 Å². The summed E-state index contributed by atoms with van der Waals surface area (Å²) < 4.78 is 16.8. The number of para-hydroxylation sites is 1. The average Bonchev–Trinajstić information content (AvgIpc) is 3.21. The summed E-state index contributed by atoms with van der Waals surface area (Å²) in [6.07, 6.45) is 1.04. The minimum Gasteiger partial charge on any atom is -0.494 e. The molecule has 3 rings (SSSR count). The predicted molar refractivity (Wildman–Crippen MR) is 108 cm³/mol. The molecule has 0 aliphatic rings. The van der Waals surface area contributed by atoms with Crippen LogP contribution in [0.2, 0.25) is 0 Å². The van der Waals surface area contributed by atoms with Crippen LogP contribution >= 0.6 is 0 Å². The molecule has 28 heavy (non-hydrogen) atoms. The van der Waals surface area contributed by atoms with Gasteiger partial charge in [-0.3, -0.25) is 4.90 Å². The van der Waals surface area contributed by atoms with E-state index in [2.05, 4.69) is 11.0 Å². The molecule has 0 fully saturated rings. The molecule has 2 aromatic carbocycles. The van der Waals surface area contributed by atoms with Gasteiger partial charge < -0.3 is 19.0 Å². The first-order chi connectivity index (χ1) is 13.7. The van der Waals surface area contributed by atoms with Gasteiger partial charge in [0.2, 0.25) is 0 Å². The quantitative estimate of drug-likeness (QED) is 0.541. The van der Waals surface area contributed by atoms with Crippen molar-refractivity contribution in [1.82, 2.24) is 4.90 Å². The zero-order chi connectivity index (χ0) is 19.6. The van der Waals surface area contributed by atoms with E-state index >= 15 is 0 Å². The summed E-state index contributed by atoms with van der Waals surface area (Å²) >= 11 is 0. The maximum absolute atomic E-state index is 10.5. The lowest BCUT2D eigenvalue weighted by atomic mass is 10.2. The van der Waals surface area contributed by atoms with E-state index in [9.17, 15) is 5.11 Å². The van der Waals surface area contributed by atoms with Crippen LogP contribution in [-0.2, 0) is 13.1 Å². The predicted octanol–water partition coefficient (Wildman–Crippen LogP) is 4.12. The highest BCUT2D eigenvalue weighted by molar-refractivity contribution is 5.28. The highest BCUT2D eigenvalue weighted by Gasteiger charge is 2.15. The first kappa shape index (κ1) is 20.0. The number of hydrogen-bond donors (Lipinski definition) is 1. The molecule has 1 N–H and O–H groups in total. The Kier molecular flexibility index (Phi) is 7.53. The van der Waals surface area contributed by atoms with E-state index in [0.717, 1.165) is 22.8 Å². The van der Waals surface area contributed by atoms with Gasteiger partial charge in [0.25, 0.3) is 0 Å². The van der Waals surface area contributed by atoms with Crippen LogP contribution < -0.4 is 9.47 Å². The van der Waals surface area contributed by atoms with Crippen molar-refractivity contribution in [2.75, 3.05) is 19.8 Å². The van der Waals surface area contributed by atoms with E-state index < -0.39 is 6.10 Å². The molecular formula is C23H27NO4. The average molecular weight is 381 g/mol. The topological polar surface area (TPSA) is 55.1 Å². The van der Waals surface area contributed by atoms with Crippen LogP contribution in [-0.4, -0.2) is 35.9 Å². The molecular weight excluding hydrogens is 354 g/mol. The first-order valence-electron chi connectivity index (χ1n) is 9.55. The molecule has 1 aromatic heterocycles. The molecule has 1 heterocycles. The number of benzene rings is 2. The van der Waals surface area contributed by atoms with E-state index in [1.165, 1.54) is 0 Å². The van der Waals surface area contributed by atoms with Crippen molar-refractivity contribution in [1.29, 1.82) is 0 Å². The standard InChI is InChI=1S/C23H27NO4/c1-2-26-22-11-6-8-19(14-22)15-24(17-23-12-7-13-27-23)16-20(25)18-28-21-9-4-3-5-10-21/h3-14,20,25H,2,15-18H2,1H3. The highest BCUT2D eigenvalue weighted by atomic mass is 16.5. The van der Waals surface area contributed by atoms with Gasteiger partial charge in [-0.05, 0) is 48.9 Å². The Balaban J connectivity index is 1.62. The second kappa shape index (κ2) is 10.5. The molecule has 1 atom stereocenters. The molecule has 0 saturated carbocycles. The monoisotopic (exact) mass is 381 g/mol. The van der Waals surface area contributed by atoms with Gasteiger partial charge in [-0.1, -0.05) is 30.3 Å². The van der Waals surface area contributed by atoms with Gasteiger partial charge in [0.1, 0.15) is 30.0 Å². The van der Waals surface area contributed by atoms with Crippen LogP contribution in [0.5, 0.6) is 11.5 Å². The van der Waals surface area contributed by atoms with Crippen molar-refractivity contribution in [2.24, 2.45) is 0 Å². The molecule has 0 amide bonds. The third-order valence-corrected chi connectivity index (χ3v) is 4.23. The molecule has 0 aliphatic carbocycles. The molecule has 5 heteroatoms. The van der Waals surface area contributed by atoms with Crippen molar-refractivity contribution in [2.45, 2.75) is 26.1 Å². The van der Waals surface area contributed by atoms with E-state index in [1.54, 1.807) is 6.26 Å². The molecule has 0 radical (unpaired) electrons. The zero-order valence-electron chi connectivity index (χ0n) is 16.2. The molecule has 0 spiro atoms. The lowest BCUT2D eigenvalue weighted by Crippen LogP contribution is -2.35. The fourth-order valence-corrected chi connectivity index (χ4v) is 3.03. The van der Waals surface area contributed by atoms with Crippen molar-refractivity contribution >= 4 is 0 Å². The van der Waals surface area contributed by atoms with Gasteiger partial charge >= 0.3 is 0 Å². The Hall–Kier alpha value is -2.76. The van der Waals surface area contributed by atoms with E-state index in [-0.39, 0.29) is 6.61 Å². The van der Waals surface area contributed by atoms with E-state index in [4.69, 9.17) is 13.9 Å². The lowest BCUT2D eigenvalue weighted by molar-refractivity contribution is 0.0604. The minimum absolute atomic E-state index is 0.234. The van der Waals surface area contributed by atoms with Gasteiger partial charge in [-0.15, -0.1) is 0 Å². The van der Waals surface area contributed by atoms with Crippen LogP contribution in [0.4, 0.5) is 0 Å². The SMILES string of the molecule is CCOc1cccc(CN(Cc2ccco2)CC(O)COc2ccccc2)c1. The second-order valence-electron chi connectivity index (χ2n) is 6.61. The van der Waals surface area contributed by atoms with Crippen LogP contribution in [0.3, 0.4) is 0 Å². The summed E-state index contributed by atoms with van der Waals surface area (Å²) in [4.78, 5) is 2.14. The number of ether oxygens (including phenoxy) is 2. The van der Waals surface area contributed by atoms with Crippen LogP contribution in [0, 0.1) is 0 Å². The number of aliphatic hydroxyl groups excluding tert-OH is 1. The normalized spacial score (nSPS) is 12.1. The van der Waals surface area contributed by atoms with Gasteiger partial charge in [0, 0.05) is 13.1 Å². The van der Waals surface area contributed by atoms with E-state index in [1.807, 2.05) is 67.6 Å². The van der Waals surface area contributed by atoms with Gasteiger partial charge in [0.05, 0.1) is 19.4 Å². The number of nitrogens with zero attached hydrogens (tertiary/aromatic N) is 1. The Bertz CT molecular complexity index is 804. The minimum atomic E-state index is -0.620. The molecule has 148 valence electrons. The Morgan fingerprint density at radius 1 is 0.929 bits per heavy atom. The summed E-state index contributed by atoms with van der Waals surface area (Å²) in [6, 6.07) is 21.4. The van der Waals surface area contributed by atoms with Crippen LogP contribution in [0.1, 0.15) is 18.2 Å². The molecule has 0 aliphatic heterocycles. The van der Waals surface area contributed by atoms with Gasteiger partial charge in [-0.2, -0.15) is 0 Å². The largest absolute Gasteiger partial charge is 0.494 e. The fourth-order valence-electron chi connectivity index (χ4n) is 3.03. The lowest BCUT2D eigenvalue weighted by Gasteiger charge is -2.24. The third-order valence-electron chi connectivity index (χ3n) is 4.23. The molecule has 3 aromatic rings. The van der Waals surface area contributed by atoms with Gasteiger partial charge in [0.15, 0.2) is 0 Å². The summed E-state index contributed by atoms with van der Waals surface area (Å²) in [6.45, 7) is 4.58. The van der Waals surface area contributed by atoms with Crippen LogP contribution in [0.25, 0.3) is 0 Å². The number of hydrogen-bond acceptors (Lipinski definition) is 5. The summed E-state index contributed by atoms with van der Waals surface area (Å²) in [5.74, 6) is 2.46. The Morgan fingerprint density at radius 3 is 2.50 bits per heavy atom. The third kappa shape index (κ3) is 6.44. The maximum Gasteiger partial charge on any atom is 0.119 e. The van der Waals surface area contributed by atoms with Crippen molar-refractivity contribution in [3.8, 4) is 11.5 Å². The summed E-state index contributed by atoms with van der Waals surface area (Å²) in [5.41, 5.74) is 1.12. The number of aliphatic hydroxyl groups is 1. The molecule has 1 unspecified atom stereocenters. The smallest absolute Gasteiger partial charge is 0.119 e. The summed E-state index contributed by atoms with van der Waals surface area (Å²) in [5, 5.41) is 10.5. The van der Waals surface area contributed by atoms with Crippen molar-refractivity contribution < 1.29 is 19.0 Å². The number of rotatable bonds is 11. The maximum atomic E-state index is 10.5. The van der Waals surface area contributed by atoms with Crippen molar-refractivity contribution in [3.63, 3.8) is 0 Å². The Labute approximate surface area is 166 Å². The van der Waals surface area contributed by atoms with Crippen molar-refractivity contribution in [3.05, 3.63) is 84.3 Å². The molecule has 0 bridgehead atoms.